The van der Waals surface area contributed by atoms with Crippen molar-refractivity contribution < 1.29 is 6.22 Å². The molecule has 64 valence electrons. The van der Waals surface area contributed by atoms with E-state index in [9.17, 15) is 4.79 Å². The number of allylic oxidation sites excluding steroid dienone is 1. The van der Waals surface area contributed by atoms with Crippen molar-refractivity contribution in [1.29, 1.82) is 0 Å². The molecule has 1 heteroatoms. The molecule has 0 atom stereocenters. The van der Waals surface area contributed by atoms with Gasteiger partial charge in [-0.25, -0.2) is 0 Å². The van der Waals surface area contributed by atoms with Crippen LogP contribution in [-0.2, 0) is 4.79 Å². The van der Waals surface area contributed by atoms with Gasteiger partial charge in [0.1, 0.15) is 5.78 Å². The highest BCUT2D eigenvalue weighted by Crippen LogP contribution is 2.29. The van der Waals surface area contributed by atoms with E-state index < -0.39 is 0 Å². The molecule has 1 aliphatic carbocycles. The molecule has 0 saturated heterocycles. The summed E-state index contributed by atoms with van der Waals surface area (Å²) in [6.45, 7) is 5.48. The summed E-state index contributed by atoms with van der Waals surface area (Å²) in [7, 11) is 0. The van der Waals surface area contributed by atoms with Crippen LogP contribution in [0.3, 0.4) is 0 Å². The first-order chi connectivity index (χ1) is 5.24. The van der Waals surface area contributed by atoms with Gasteiger partial charge in [-0.05, 0) is 38.5 Å². The average molecular weight is 154 g/mol. The van der Waals surface area contributed by atoms with Crippen molar-refractivity contribution in [3.63, 3.8) is 0 Å². The Balaban J connectivity index is 0.00000121. The minimum atomic E-state index is 0. The summed E-state index contributed by atoms with van der Waals surface area (Å²) in [4.78, 5) is 11.0. The van der Waals surface area contributed by atoms with Crippen molar-refractivity contribution in [3.8, 4) is 0 Å². The van der Waals surface area contributed by atoms with Gasteiger partial charge in [-0.1, -0.05) is 6.08 Å². The minimum Gasteiger partial charge on any atom is -0.300 e. The summed E-state index contributed by atoms with van der Waals surface area (Å²) in [6, 6.07) is 0. The van der Waals surface area contributed by atoms with Gasteiger partial charge in [0.25, 0.3) is 0 Å². The lowest BCUT2D eigenvalue weighted by atomic mass is 9.80. The fourth-order valence-electron chi connectivity index (χ4n) is 1.76. The average Bonchev–Trinajstić information content (AvgIpc) is 2.05. The van der Waals surface area contributed by atoms with Gasteiger partial charge in [-0.3, -0.25) is 4.79 Å². The van der Waals surface area contributed by atoms with Crippen LogP contribution in [0.2, 0.25) is 0 Å². The molecule has 0 aromatic carbocycles. The van der Waals surface area contributed by atoms with E-state index in [0.29, 0.717) is 17.6 Å². The molecule has 0 heterocycles. The van der Waals surface area contributed by atoms with Gasteiger partial charge in [0, 0.05) is 7.34 Å². The number of carbonyl (C=O) groups excluding carboxylic acids is 1. The predicted molar refractivity (Wildman–Crippen MR) is 48.4 cm³/mol. The third-order valence-corrected chi connectivity index (χ3v) is 2.68. The minimum absolute atomic E-state index is 0. The molecule has 0 N–H and O–H groups in total. The normalized spacial score (nSPS) is 31.4. The van der Waals surface area contributed by atoms with E-state index in [-0.39, 0.29) is 1.43 Å². The van der Waals surface area contributed by atoms with E-state index >= 15 is 0 Å². The molecule has 0 aliphatic heterocycles. The fourth-order valence-corrected chi connectivity index (χ4v) is 1.76. The molecular weight excluding hydrogens is 136 g/mol. The Bertz CT molecular complexity index is 157. The standard InChI is InChI=1S/C10H16O.H2/c1-3-9-4-6-10(7-5-9)8(2)11;/h3,9-10H,1,4-7H2,2H3;1H. The van der Waals surface area contributed by atoms with Gasteiger partial charge in [-0.2, -0.15) is 0 Å². The first kappa shape index (κ1) is 8.51. The van der Waals surface area contributed by atoms with Crippen LogP contribution in [-0.4, -0.2) is 5.78 Å². The van der Waals surface area contributed by atoms with E-state index in [1.165, 1.54) is 0 Å². The summed E-state index contributed by atoms with van der Waals surface area (Å²) < 4.78 is 0. The second kappa shape index (κ2) is 3.70. The van der Waals surface area contributed by atoms with Crippen molar-refractivity contribution in [2.24, 2.45) is 11.8 Å². The number of carbonyl (C=O) groups is 1. The Morgan fingerprint density at radius 1 is 1.45 bits per heavy atom. The van der Waals surface area contributed by atoms with E-state index in [1.54, 1.807) is 6.92 Å². The van der Waals surface area contributed by atoms with Crippen LogP contribution in [0.15, 0.2) is 12.7 Å². The highest BCUT2D eigenvalue weighted by atomic mass is 16.1. The first-order valence-electron chi connectivity index (χ1n) is 4.37. The third-order valence-electron chi connectivity index (χ3n) is 2.68. The number of hydrogen-bond donors (Lipinski definition) is 0. The zero-order valence-electron chi connectivity index (χ0n) is 7.18. The molecule has 1 fully saturated rings. The Hall–Kier alpha value is -0.590. The lowest BCUT2D eigenvalue weighted by Crippen LogP contribution is -2.18. The molecule has 0 spiro atoms. The summed E-state index contributed by atoms with van der Waals surface area (Å²) in [5, 5.41) is 0. The first-order valence-corrected chi connectivity index (χ1v) is 4.37. The van der Waals surface area contributed by atoms with Crippen LogP contribution in [0.25, 0.3) is 0 Å². The molecule has 0 unspecified atom stereocenters. The molecule has 0 amide bonds. The quantitative estimate of drug-likeness (QED) is 0.559. The molecule has 11 heavy (non-hydrogen) atoms. The van der Waals surface area contributed by atoms with Gasteiger partial charge in [0.05, 0.1) is 0 Å². The molecule has 1 rings (SSSR count). The van der Waals surface area contributed by atoms with E-state index in [2.05, 4.69) is 6.58 Å². The van der Waals surface area contributed by atoms with Gasteiger partial charge in [0.2, 0.25) is 0 Å². The fraction of sp³-hybridized carbons (Fsp3) is 0.700. The smallest absolute Gasteiger partial charge is 0.132 e. The maximum absolute atomic E-state index is 11.0. The number of hydrogen-bond acceptors (Lipinski definition) is 1. The highest BCUT2D eigenvalue weighted by Gasteiger charge is 2.21. The second-order valence-electron chi connectivity index (χ2n) is 3.46. The van der Waals surface area contributed by atoms with E-state index in [1.807, 2.05) is 6.08 Å². The highest BCUT2D eigenvalue weighted by molar-refractivity contribution is 5.78. The van der Waals surface area contributed by atoms with E-state index in [0.717, 1.165) is 25.7 Å². The van der Waals surface area contributed by atoms with Crippen molar-refractivity contribution in [2.75, 3.05) is 0 Å². The maximum Gasteiger partial charge on any atom is 0.132 e. The Labute approximate surface area is 70.0 Å². The zero-order chi connectivity index (χ0) is 8.27. The van der Waals surface area contributed by atoms with Crippen molar-refractivity contribution in [3.05, 3.63) is 12.7 Å². The molecule has 0 aromatic rings. The summed E-state index contributed by atoms with van der Waals surface area (Å²) in [5.41, 5.74) is 0. The van der Waals surface area contributed by atoms with Crippen LogP contribution >= 0.6 is 0 Å². The Morgan fingerprint density at radius 3 is 2.36 bits per heavy atom. The second-order valence-corrected chi connectivity index (χ2v) is 3.46. The summed E-state index contributed by atoms with van der Waals surface area (Å²) in [5.74, 6) is 1.39. The van der Waals surface area contributed by atoms with Crippen LogP contribution in [0, 0.1) is 11.8 Å². The van der Waals surface area contributed by atoms with Crippen LogP contribution < -0.4 is 0 Å². The molecule has 0 radical (unpaired) electrons. The summed E-state index contributed by atoms with van der Waals surface area (Å²) >= 11 is 0. The summed E-state index contributed by atoms with van der Waals surface area (Å²) in [6.07, 6.45) is 6.50. The molecular formula is C10H18O. The topological polar surface area (TPSA) is 17.1 Å². The van der Waals surface area contributed by atoms with Crippen LogP contribution in [0.5, 0.6) is 0 Å². The zero-order valence-corrected chi connectivity index (χ0v) is 7.18. The van der Waals surface area contributed by atoms with Crippen molar-refractivity contribution >= 4 is 5.78 Å². The molecule has 0 bridgehead atoms. The lowest BCUT2D eigenvalue weighted by Gasteiger charge is -2.24. The predicted octanol–water partition coefficient (Wildman–Crippen LogP) is 2.81. The molecule has 0 aromatic heterocycles. The SMILES string of the molecule is C=CC1CCC(C(C)=O)CC1.[HH]. The number of ketones is 1. The molecule has 1 nitrogen and oxygen atoms in total. The van der Waals surface area contributed by atoms with Gasteiger partial charge in [-0.15, -0.1) is 6.58 Å². The third kappa shape index (κ3) is 2.18. The van der Waals surface area contributed by atoms with Gasteiger partial charge >= 0.3 is 0 Å². The number of Topliss-reactive ketones (excluding diaryl/α,β-unsaturated/α-hetero) is 1. The maximum atomic E-state index is 11.0. The molecule has 1 aliphatic rings. The molecule has 1 saturated carbocycles. The van der Waals surface area contributed by atoms with Crippen LogP contribution in [0.4, 0.5) is 0 Å². The number of rotatable bonds is 2. The monoisotopic (exact) mass is 154 g/mol. The van der Waals surface area contributed by atoms with Crippen LogP contribution in [0.1, 0.15) is 34.0 Å². The van der Waals surface area contributed by atoms with Crippen molar-refractivity contribution in [1.82, 2.24) is 0 Å². The Kier molecular flexibility index (Phi) is 2.86. The lowest BCUT2D eigenvalue weighted by molar-refractivity contribution is -0.121. The van der Waals surface area contributed by atoms with Gasteiger partial charge in [0.15, 0.2) is 0 Å². The largest absolute Gasteiger partial charge is 0.300 e. The Morgan fingerprint density at radius 2 is 2.00 bits per heavy atom. The van der Waals surface area contributed by atoms with Crippen molar-refractivity contribution in [2.45, 2.75) is 32.6 Å². The van der Waals surface area contributed by atoms with Gasteiger partial charge < -0.3 is 0 Å². The van der Waals surface area contributed by atoms with E-state index in [4.69, 9.17) is 0 Å².